The standard InChI is InChI=1S/C20H15N3O4/c1-27-20(26)15-5-2-3-7-16(15)23-17(24)10-12(19(23)25)9-13-11-22-18-14(13)6-4-8-21-18/h2-9,11H,10H2,1H3,(H,21,22)/b12-9-. The summed E-state index contributed by atoms with van der Waals surface area (Å²) < 4.78 is 4.75. The average molecular weight is 361 g/mol. The molecule has 27 heavy (non-hydrogen) atoms. The maximum Gasteiger partial charge on any atom is 0.339 e. The number of para-hydroxylation sites is 1. The van der Waals surface area contributed by atoms with Gasteiger partial charge in [0.15, 0.2) is 0 Å². The Bertz CT molecular complexity index is 1110. The minimum atomic E-state index is -0.605. The number of anilines is 1. The lowest BCUT2D eigenvalue weighted by Crippen LogP contribution is -2.30. The van der Waals surface area contributed by atoms with E-state index < -0.39 is 11.9 Å². The lowest BCUT2D eigenvalue weighted by Gasteiger charge is -2.16. The van der Waals surface area contributed by atoms with E-state index in [4.69, 9.17) is 4.74 Å². The molecule has 1 aromatic carbocycles. The number of pyridine rings is 1. The molecule has 2 amide bonds. The number of H-pyrrole nitrogens is 1. The monoisotopic (exact) mass is 361 g/mol. The van der Waals surface area contributed by atoms with Crippen molar-refractivity contribution in [2.45, 2.75) is 6.42 Å². The van der Waals surface area contributed by atoms with E-state index in [1.165, 1.54) is 13.2 Å². The third-order valence-electron chi connectivity index (χ3n) is 4.43. The number of nitrogens with zero attached hydrogens (tertiary/aromatic N) is 2. The second kappa shape index (κ2) is 6.53. The van der Waals surface area contributed by atoms with Gasteiger partial charge >= 0.3 is 5.97 Å². The van der Waals surface area contributed by atoms with E-state index in [0.29, 0.717) is 11.2 Å². The molecule has 1 saturated heterocycles. The molecule has 1 N–H and O–H groups in total. The summed E-state index contributed by atoms with van der Waals surface area (Å²) in [6.07, 6.45) is 5.06. The minimum absolute atomic E-state index is 0.0404. The topological polar surface area (TPSA) is 92.4 Å². The lowest BCUT2D eigenvalue weighted by molar-refractivity contribution is -0.120. The summed E-state index contributed by atoms with van der Waals surface area (Å²) in [6, 6.07) is 10.1. The molecule has 3 heterocycles. The first kappa shape index (κ1) is 16.7. The maximum atomic E-state index is 12.9. The number of hydrogen-bond donors (Lipinski definition) is 1. The van der Waals surface area contributed by atoms with Gasteiger partial charge in [-0.2, -0.15) is 0 Å². The van der Waals surface area contributed by atoms with Crippen molar-refractivity contribution in [1.82, 2.24) is 9.97 Å². The van der Waals surface area contributed by atoms with Crippen molar-refractivity contribution in [2.75, 3.05) is 12.0 Å². The molecular weight excluding hydrogens is 346 g/mol. The second-order valence-corrected chi connectivity index (χ2v) is 6.03. The molecule has 4 rings (SSSR count). The molecule has 0 spiro atoms. The largest absolute Gasteiger partial charge is 0.465 e. The van der Waals surface area contributed by atoms with Crippen LogP contribution in [-0.2, 0) is 14.3 Å². The van der Waals surface area contributed by atoms with Gasteiger partial charge in [-0.3, -0.25) is 9.59 Å². The van der Waals surface area contributed by atoms with Gasteiger partial charge in [-0.05, 0) is 30.3 Å². The van der Waals surface area contributed by atoms with Crippen molar-refractivity contribution >= 4 is 40.6 Å². The van der Waals surface area contributed by atoms with Crippen molar-refractivity contribution in [2.24, 2.45) is 0 Å². The Hall–Kier alpha value is -3.74. The van der Waals surface area contributed by atoms with Crippen molar-refractivity contribution < 1.29 is 19.1 Å². The molecule has 0 unspecified atom stereocenters. The predicted octanol–water partition coefficient (Wildman–Crippen LogP) is 2.70. The number of nitrogens with one attached hydrogen (secondary N) is 1. The molecule has 1 fully saturated rings. The number of imide groups is 1. The molecule has 2 aromatic heterocycles. The van der Waals surface area contributed by atoms with Gasteiger partial charge in [-0.1, -0.05) is 12.1 Å². The first-order chi connectivity index (χ1) is 13.1. The Morgan fingerprint density at radius 2 is 2.04 bits per heavy atom. The molecule has 134 valence electrons. The van der Waals surface area contributed by atoms with Crippen molar-refractivity contribution in [3.05, 3.63) is 65.5 Å². The Morgan fingerprint density at radius 3 is 2.85 bits per heavy atom. The molecule has 0 aliphatic carbocycles. The highest BCUT2D eigenvalue weighted by Gasteiger charge is 2.37. The Kier molecular flexibility index (Phi) is 4.04. The van der Waals surface area contributed by atoms with Crippen LogP contribution >= 0.6 is 0 Å². The van der Waals surface area contributed by atoms with Gasteiger partial charge in [0.05, 0.1) is 24.8 Å². The number of carbonyl (C=O) groups excluding carboxylic acids is 3. The summed E-state index contributed by atoms with van der Waals surface area (Å²) in [4.78, 5) is 45.7. The van der Waals surface area contributed by atoms with Crippen LogP contribution in [0.4, 0.5) is 5.69 Å². The number of fused-ring (bicyclic) bond motifs is 1. The molecule has 7 nitrogen and oxygen atoms in total. The van der Waals surface area contributed by atoms with Crippen LogP contribution in [0.15, 0.2) is 54.4 Å². The van der Waals surface area contributed by atoms with Gasteiger partial charge in [0.1, 0.15) is 5.65 Å². The third kappa shape index (κ3) is 2.79. The number of carbonyl (C=O) groups is 3. The van der Waals surface area contributed by atoms with Crippen molar-refractivity contribution in [1.29, 1.82) is 0 Å². The first-order valence-electron chi connectivity index (χ1n) is 8.27. The Morgan fingerprint density at radius 1 is 1.22 bits per heavy atom. The van der Waals surface area contributed by atoms with Crippen LogP contribution in [0, 0.1) is 0 Å². The fourth-order valence-electron chi connectivity index (χ4n) is 3.17. The summed E-state index contributed by atoms with van der Waals surface area (Å²) in [7, 11) is 1.25. The quantitative estimate of drug-likeness (QED) is 0.440. The van der Waals surface area contributed by atoms with Gasteiger partial charge in [-0.15, -0.1) is 0 Å². The van der Waals surface area contributed by atoms with Crippen LogP contribution in [-0.4, -0.2) is 34.9 Å². The molecule has 1 aliphatic heterocycles. The van der Waals surface area contributed by atoms with E-state index in [2.05, 4.69) is 9.97 Å². The summed E-state index contributed by atoms with van der Waals surface area (Å²) in [6.45, 7) is 0. The van der Waals surface area contributed by atoms with Gasteiger partial charge in [0, 0.05) is 28.9 Å². The molecule has 0 atom stereocenters. The van der Waals surface area contributed by atoms with Gasteiger partial charge in [0.2, 0.25) is 5.91 Å². The van der Waals surface area contributed by atoms with Crippen LogP contribution in [0.25, 0.3) is 17.1 Å². The molecular formula is C20H15N3O4. The van der Waals surface area contributed by atoms with Gasteiger partial charge in [-0.25, -0.2) is 14.7 Å². The third-order valence-corrected chi connectivity index (χ3v) is 4.43. The number of ether oxygens (including phenoxy) is 1. The molecule has 3 aromatic rings. The van der Waals surface area contributed by atoms with Crippen molar-refractivity contribution in [3.8, 4) is 0 Å². The van der Waals surface area contributed by atoms with Crippen LogP contribution in [0.2, 0.25) is 0 Å². The van der Waals surface area contributed by atoms with E-state index >= 15 is 0 Å². The molecule has 0 saturated carbocycles. The lowest BCUT2D eigenvalue weighted by atomic mass is 10.1. The zero-order valence-electron chi connectivity index (χ0n) is 14.4. The van der Waals surface area contributed by atoms with Crippen LogP contribution in [0.5, 0.6) is 0 Å². The zero-order chi connectivity index (χ0) is 19.0. The number of methoxy groups -OCH3 is 1. The molecule has 1 aliphatic rings. The average Bonchev–Trinajstić information content (AvgIpc) is 3.22. The number of rotatable bonds is 3. The van der Waals surface area contributed by atoms with Gasteiger partial charge < -0.3 is 9.72 Å². The zero-order valence-corrected chi connectivity index (χ0v) is 14.4. The van der Waals surface area contributed by atoms with Crippen LogP contribution in [0.3, 0.4) is 0 Å². The highest BCUT2D eigenvalue weighted by atomic mass is 16.5. The number of aromatic amines is 1. The number of benzene rings is 1. The fourth-order valence-corrected chi connectivity index (χ4v) is 3.17. The molecule has 0 radical (unpaired) electrons. The Labute approximate surface area is 154 Å². The van der Waals surface area contributed by atoms with E-state index in [-0.39, 0.29) is 23.6 Å². The minimum Gasteiger partial charge on any atom is -0.465 e. The first-order valence-corrected chi connectivity index (χ1v) is 8.27. The fraction of sp³-hybridized carbons (Fsp3) is 0.100. The summed E-state index contributed by atoms with van der Waals surface area (Å²) in [5, 5.41) is 0.860. The molecule has 0 bridgehead atoms. The van der Waals surface area contributed by atoms with E-state index in [0.717, 1.165) is 15.8 Å². The summed E-state index contributed by atoms with van der Waals surface area (Å²) in [5.41, 5.74) is 2.22. The number of hydrogen-bond acceptors (Lipinski definition) is 5. The normalized spacial score (nSPS) is 15.7. The number of esters is 1. The van der Waals surface area contributed by atoms with E-state index in [1.54, 1.807) is 42.7 Å². The summed E-state index contributed by atoms with van der Waals surface area (Å²) >= 11 is 0. The van der Waals surface area contributed by atoms with E-state index in [1.807, 2.05) is 6.07 Å². The van der Waals surface area contributed by atoms with Crippen LogP contribution in [0.1, 0.15) is 22.3 Å². The Balaban J connectivity index is 1.74. The second-order valence-electron chi connectivity index (χ2n) is 6.03. The van der Waals surface area contributed by atoms with Crippen LogP contribution < -0.4 is 4.90 Å². The highest BCUT2D eigenvalue weighted by Crippen LogP contribution is 2.31. The predicted molar refractivity (Wildman–Crippen MR) is 99.0 cm³/mol. The SMILES string of the molecule is COC(=O)c1ccccc1N1C(=O)C/C(=C/c2c[nH]c3ncccc23)C1=O. The highest BCUT2D eigenvalue weighted by molar-refractivity contribution is 6.30. The van der Waals surface area contributed by atoms with Crippen molar-refractivity contribution in [3.63, 3.8) is 0 Å². The van der Waals surface area contributed by atoms with E-state index in [9.17, 15) is 14.4 Å². The van der Waals surface area contributed by atoms with Gasteiger partial charge in [0.25, 0.3) is 5.91 Å². The number of amides is 2. The smallest absolute Gasteiger partial charge is 0.339 e. The number of aromatic nitrogens is 2. The summed E-state index contributed by atoms with van der Waals surface area (Å²) in [5.74, 6) is -1.44. The maximum absolute atomic E-state index is 12.9. The molecule has 7 heteroatoms.